The minimum absolute atomic E-state index is 0.294. The van der Waals surface area contributed by atoms with Gasteiger partial charge < -0.3 is 10.1 Å². The van der Waals surface area contributed by atoms with Crippen molar-refractivity contribution in [1.29, 1.82) is 0 Å². The molecule has 0 saturated carbocycles. The van der Waals surface area contributed by atoms with E-state index in [0.29, 0.717) is 29.4 Å². The first-order valence-corrected chi connectivity index (χ1v) is 10.3. The average Bonchev–Trinajstić information content (AvgIpc) is 2.73. The van der Waals surface area contributed by atoms with Gasteiger partial charge in [0.25, 0.3) is 5.91 Å². The van der Waals surface area contributed by atoms with Crippen LogP contribution in [-0.2, 0) is 11.9 Å². The zero-order valence-corrected chi connectivity index (χ0v) is 17.0. The molecule has 0 radical (unpaired) electrons. The van der Waals surface area contributed by atoms with Crippen molar-refractivity contribution in [2.45, 2.75) is 23.7 Å². The van der Waals surface area contributed by atoms with E-state index in [-0.39, 0.29) is 0 Å². The molecular weight excluding hydrogens is 411 g/mol. The molecule has 7 heteroatoms. The molecule has 0 heterocycles. The summed E-state index contributed by atoms with van der Waals surface area (Å²) in [6.45, 7) is 2.39. The van der Waals surface area contributed by atoms with Crippen molar-refractivity contribution < 1.29 is 22.7 Å². The third kappa shape index (κ3) is 5.79. The number of carbonyl (C=O) groups is 1. The number of hydrogen-bond donors (Lipinski definition) is 1. The van der Waals surface area contributed by atoms with Gasteiger partial charge in [-0.3, -0.25) is 4.79 Å². The van der Waals surface area contributed by atoms with E-state index in [1.807, 2.05) is 37.3 Å². The number of ether oxygens (including phenoxy) is 1. The molecule has 3 aromatic rings. The Kier molecular flexibility index (Phi) is 7.05. The molecular formula is C23H20F3NO2S. The normalized spacial score (nSPS) is 11.2. The fraction of sp³-hybridized carbons (Fsp3) is 0.174. The van der Waals surface area contributed by atoms with Gasteiger partial charge in [-0.05, 0) is 61.5 Å². The molecule has 1 amide bonds. The van der Waals surface area contributed by atoms with E-state index >= 15 is 0 Å². The fourth-order valence-electron chi connectivity index (χ4n) is 2.75. The minimum atomic E-state index is -4.41. The standard InChI is InChI=1S/C23H20F3NO2S/c1-2-29-21-13-8-16(14-17(21)15-30-20-6-4-3-5-7-20)22(28)27-19-11-9-18(10-12-19)23(24,25)26/h3-14H,2,15H2,1H3,(H,27,28). The summed E-state index contributed by atoms with van der Waals surface area (Å²) >= 11 is 1.62. The van der Waals surface area contributed by atoms with Gasteiger partial charge in [-0.1, -0.05) is 18.2 Å². The summed E-state index contributed by atoms with van der Waals surface area (Å²) in [6, 6.07) is 19.4. The molecule has 0 spiro atoms. The number of halogens is 3. The first-order valence-electron chi connectivity index (χ1n) is 9.29. The lowest BCUT2D eigenvalue weighted by Crippen LogP contribution is -2.13. The first-order chi connectivity index (χ1) is 14.4. The highest BCUT2D eigenvalue weighted by Gasteiger charge is 2.30. The van der Waals surface area contributed by atoms with Gasteiger partial charge in [-0.2, -0.15) is 13.2 Å². The minimum Gasteiger partial charge on any atom is -0.494 e. The van der Waals surface area contributed by atoms with E-state index < -0.39 is 17.6 Å². The Labute approximate surface area is 177 Å². The van der Waals surface area contributed by atoms with Crippen LogP contribution in [0.1, 0.15) is 28.4 Å². The second kappa shape index (κ2) is 9.71. The van der Waals surface area contributed by atoms with Crippen molar-refractivity contribution in [2.75, 3.05) is 11.9 Å². The molecule has 0 bridgehead atoms. The smallest absolute Gasteiger partial charge is 0.416 e. The molecule has 0 atom stereocenters. The Bertz CT molecular complexity index is 990. The number of hydrogen-bond acceptors (Lipinski definition) is 3. The molecule has 3 aromatic carbocycles. The van der Waals surface area contributed by atoms with Crippen LogP contribution in [0.4, 0.5) is 18.9 Å². The van der Waals surface area contributed by atoms with Gasteiger partial charge in [0.1, 0.15) is 5.75 Å². The maximum absolute atomic E-state index is 12.7. The zero-order chi connectivity index (χ0) is 21.6. The summed E-state index contributed by atoms with van der Waals surface area (Å²) in [4.78, 5) is 13.7. The predicted molar refractivity (Wildman–Crippen MR) is 113 cm³/mol. The molecule has 3 nitrogen and oxygen atoms in total. The van der Waals surface area contributed by atoms with Crippen molar-refractivity contribution in [1.82, 2.24) is 0 Å². The molecule has 0 aromatic heterocycles. The highest BCUT2D eigenvalue weighted by Crippen LogP contribution is 2.31. The number of rotatable bonds is 7. The lowest BCUT2D eigenvalue weighted by atomic mass is 10.1. The summed E-state index contributed by atoms with van der Waals surface area (Å²) in [5.74, 6) is 0.913. The number of benzene rings is 3. The Morgan fingerprint density at radius 3 is 2.33 bits per heavy atom. The van der Waals surface area contributed by atoms with E-state index in [0.717, 1.165) is 22.6 Å². The third-order valence-electron chi connectivity index (χ3n) is 4.23. The van der Waals surface area contributed by atoms with Crippen LogP contribution in [0.5, 0.6) is 5.75 Å². The van der Waals surface area contributed by atoms with E-state index in [9.17, 15) is 18.0 Å². The number of carbonyl (C=O) groups excluding carboxylic acids is 1. The Morgan fingerprint density at radius 2 is 1.70 bits per heavy atom. The second-order valence-corrected chi connectivity index (χ2v) is 7.44. The summed E-state index contributed by atoms with van der Waals surface area (Å²) in [6.07, 6.45) is -4.41. The van der Waals surface area contributed by atoms with Gasteiger partial charge >= 0.3 is 6.18 Å². The quantitative estimate of drug-likeness (QED) is 0.426. The van der Waals surface area contributed by atoms with Crippen LogP contribution in [0.25, 0.3) is 0 Å². The topological polar surface area (TPSA) is 38.3 Å². The van der Waals surface area contributed by atoms with Crippen molar-refractivity contribution in [2.24, 2.45) is 0 Å². The number of amides is 1. The molecule has 156 valence electrons. The summed E-state index contributed by atoms with van der Waals surface area (Å²) in [5, 5.41) is 2.64. The maximum atomic E-state index is 12.7. The Morgan fingerprint density at radius 1 is 1.00 bits per heavy atom. The van der Waals surface area contributed by atoms with Gasteiger partial charge in [0.2, 0.25) is 0 Å². The first kappa shape index (κ1) is 21.8. The summed E-state index contributed by atoms with van der Waals surface area (Å²) in [5.41, 5.74) is 0.802. The van der Waals surface area contributed by atoms with Crippen LogP contribution in [0.2, 0.25) is 0 Å². The van der Waals surface area contributed by atoms with Crippen LogP contribution in [0.15, 0.2) is 77.7 Å². The second-order valence-electron chi connectivity index (χ2n) is 6.39. The lowest BCUT2D eigenvalue weighted by molar-refractivity contribution is -0.137. The SMILES string of the molecule is CCOc1ccc(C(=O)Nc2ccc(C(F)(F)F)cc2)cc1CSc1ccccc1. The summed E-state index contributed by atoms with van der Waals surface area (Å²) < 4.78 is 43.7. The molecule has 3 rings (SSSR count). The van der Waals surface area contributed by atoms with Gasteiger partial charge in [0.15, 0.2) is 0 Å². The molecule has 0 fully saturated rings. The van der Waals surface area contributed by atoms with Crippen LogP contribution in [0.3, 0.4) is 0 Å². The zero-order valence-electron chi connectivity index (χ0n) is 16.2. The van der Waals surface area contributed by atoms with E-state index in [1.54, 1.807) is 30.0 Å². The van der Waals surface area contributed by atoms with Crippen molar-refractivity contribution in [3.8, 4) is 5.75 Å². The highest BCUT2D eigenvalue weighted by molar-refractivity contribution is 7.98. The van der Waals surface area contributed by atoms with Gasteiger partial charge in [-0.15, -0.1) is 11.8 Å². The van der Waals surface area contributed by atoms with E-state index in [4.69, 9.17) is 4.74 Å². The van der Waals surface area contributed by atoms with Crippen LogP contribution in [-0.4, -0.2) is 12.5 Å². The third-order valence-corrected chi connectivity index (χ3v) is 5.29. The average molecular weight is 431 g/mol. The predicted octanol–water partition coefficient (Wildman–Crippen LogP) is 6.65. The van der Waals surface area contributed by atoms with Crippen molar-refractivity contribution >= 4 is 23.4 Å². The molecule has 0 unspecified atom stereocenters. The molecule has 0 aliphatic carbocycles. The van der Waals surface area contributed by atoms with Crippen LogP contribution in [0, 0.1) is 0 Å². The number of alkyl halides is 3. The van der Waals surface area contributed by atoms with Crippen molar-refractivity contribution in [3.05, 3.63) is 89.5 Å². The van der Waals surface area contributed by atoms with Crippen molar-refractivity contribution in [3.63, 3.8) is 0 Å². The maximum Gasteiger partial charge on any atom is 0.416 e. The Hall–Kier alpha value is -2.93. The number of anilines is 1. The molecule has 0 aliphatic heterocycles. The number of thioether (sulfide) groups is 1. The molecule has 0 saturated heterocycles. The molecule has 0 aliphatic rings. The largest absolute Gasteiger partial charge is 0.494 e. The molecule has 1 N–H and O–H groups in total. The van der Waals surface area contributed by atoms with Gasteiger partial charge in [0, 0.05) is 27.5 Å². The summed E-state index contributed by atoms with van der Waals surface area (Å²) in [7, 11) is 0. The number of nitrogens with one attached hydrogen (secondary N) is 1. The van der Waals surface area contributed by atoms with Crippen LogP contribution < -0.4 is 10.1 Å². The highest BCUT2D eigenvalue weighted by atomic mass is 32.2. The van der Waals surface area contributed by atoms with E-state index in [2.05, 4.69) is 5.32 Å². The van der Waals surface area contributed by atoms with Gasteiger partial charge in [-0.25, -0.2) is 0 Å². The Balaban J connectivity index is 1.75. The fourth-order valence-corrected chi connectivity index (χ4v) is 3.65. The van der Waals surface area contributed by atoms with E-state index in [1.165, 1.54) is 12.1 Å². The van der Waals surface area contributed by atoms with Crippen LogP contribution >= 0.6 is 11.8 Å². The monoisotopic (exact) mass is 431 g/mol. The molecule has 30 heavy (non-hydrogen) atoms. The van der Waals surface area contributed by atoms with Gasteiger partial charge in [0.05, 0.1) is 12.2 Å². The lowest BCUT2D eigenvalue weighted by Gasteiger charge is -2.13.